The van der Waals surface area contributed by atoms with Crippen molar-refractivity contribution in [2.24, 2.45) is 5.92 Å². The minimum atomic E-state index is 0.794. The van der Waals surface area contributed by atoms with Crippen molar-refractivity contribution in [3.05, 3.63) is 0 Å². The number of likely N-dealkylation sites (tertiary alicyclic amines) is 1. The summed E-state index contributed by atoms with van der Waals surface area (Å²) in [5.41, 5.74) is 0. The lowest BCUT2D eigenvalue weighted by atomic mass is 9.77. The molecule has 0 aromatic carbocycles. The molecular weight excluding hydrogens is 222 g/mol. The molecule has 0 spiro atoms. The highest BCUT2D eigenvalue weighted by atomic mass is 15.2. The van der Waals surface area contributed by atoms with Crippen LogP contribution in [0.15, 0.2) is 0 Å². The minimum absolute atomic E-state index is 0.794. The van der Waals surface area contributed by atoms with Gasteiger partial charge >= 0.3 is 0 Å². The highest BCUT2D eigenvalue weighted by Crippen LogP contribution is 2.33. The van der Waals surface area contributed by atoms with E-state index in [1.54, 1.807) is 0 Å². The number of hydrogen-bond donors (Lipinski definition) is 1. The first-order chi connectivity index (χ1) is 8.72. The third kappa shape index (κ3) is 3.46. The third-order valence-electron chi connectivity index (χ3n) is 4.91. The van der Waals surface area contributed by atoms with Gasteiger partial charge in [-0.2, -0.15) is 0 Å². The molecule has 1 heterocycles. The van der Waals surface area contributed by atoms with Gasteiger partial charge in [-0.3, -0.25) is 4.90 Å². The smallest absolute Gasteiger partial charge is 0.0223 e. The van der Waals surface area contributed by atoms with Crippen LogP contribution in [0.25, 0.3) is 0 Å². The maximum Gasteiger partial charge on any atom is 0.0223 e. The van der Waals surface area contributed by atoms with Crippen LogP contribution in [-0.4, -0.2) is 62.2 Å². The Labute approximate surface area is 113 Å². The van der Waals surface area contributed by atoms with Gasteiger partial charge < -0.3 is 10.2 Å². The Balaban J connectivity index is 1.76. The Bertz CT molecular complexity index is 244. The van der Waals surface area contributed by atoms with Gasteiger partial charge in [0, 0.05) is 18.6 Å². The molecule has 1 aliphatic carbocycles. The van der Waals surface area contributed by atoms with Gasteiger partial charge in [0.05, 0.1) is 0 Å². The van der Waals surface area contributed by atoms with Gasteiger partial charge in [0.1, 0.15) is 0 Å². The number of nitrogens with one attached hydrogen (secondary N) is 1. The minimum Gasteiger partial charge on any atom is -0.316 e. The average molecular weight is 253 g/mol. The number of hydrogen-bond acceptors (Lipinski definition) is 3. The molecule has 3 nitrogen and oxygen atoms in total. The maximum atomic E-state index is 3.60. The molecule has 1 saturated carbocycles. The van der Waals surface area contributed by atoms with Crippen LogP contribution >= 0.6 is 0 Å². The molecule has 2 fully saturated rings. The predicted octanol–water partition coefficient (Wildman–Crippen LogP) is 1.79. The van der Waals surface area contributed by atoms with Crippen LogP contribution in [0.1, 0.15) is 39.0 Å². The topological polar surface area (TPSA) is 18.5 Å². The molecule has 18 heavy (non-hydrogen) atoms. The van der Waals surface area contributed by atoms with Gasteiger partial charge in [-0.1, -0.05) is 6.92 Å². The van der Waals surface area contributed by atoms with Crippen molar-refractivity contribution in [3.63, 3.8) is 0 Å². The van der Waals surface area contributed by atoms with Crippen molar-refractivity contribution >= 4 is 0 Å². The molecule has 3 unspecified atom stereocenters. The van der Waals surface area contributed by atoms with E-state index >= 15 is 0 Å². The van der Waals surface area contributed by atoms with Crippen molar-refractivity contribution in [3.8, 4) is 0 Å². The summed E-state index contributed by atoms with van der Waals surface area (Å²) in [6.45, 7) is 7.21. The number of nitrogens with zero attached hydrogens (tertiary/aromatic N) is 2. The van der Waals surface area contributed by atoms with Crippen molar-refractivity contribution in [1.29, 1.82) is 0 Å². The summed E-state index contributed by atoms with van der Waals surface area (Å²) < 4.78 is 0. The van der Waals surface area contributed by atoms with Crippen molar-refractivity contribution < 1.29 is 0 Å². The first-order valence-corrected chi connectivity index (χ1v) is 7.83. The molecule has 0 aromatic rings. The molecule has 2 aliphatic rings. The van der Waals surface area contributed by atoms with Gasteiger partial charge in [0.25, 0.3) is 0 Å². The summed E-state index contributed by atoms with van der Waals surface area (Å²) >= 11 is 0. The van der Waals surface area contributed by atoms with Gasteiger partial charge in [0.15, 0.2) is 0 Å². The molecule has 0 radical (unpaired) electrons. The summed E-state index contributed by atoms with van der Waals surface area (Å²) in [5, 5.41) is 3.60. The molecule has 1 saturated heterocycles. The quantitative estimate of drug-likeness (QED) is 0.728. The van der Waals surface area contributed by atoms with Crippen LogP contribution < -0.4 is 5.32 Å². The SMILES string of the molecule is CCCNCC1CCC1N(C)C1CCCN(C)C1. The van der Waals surface area contributed by atoms with Crippen LogP contribution in [0.4, 0.5) is 0 Å². The van der Waals surface area contributed by atoms with Crippen molar-refractivity contribution in [1.82, 2.24) is 15.1 Å². The predicted molar refractivity (Wildman–Crippen MR) is 78.0 cm³/mol. The van der Waals surface area contributed by atoms with Crippen molar-refractivity contribution in [2.45, 2.75) is 51.1 Å². The first-order valence-electron chi connectivity index (χ1n) is 7.83. The van der Waals surface area contributed by atoms with E-state index in [2.05, 4.69) is 36.1 Å². The summed E-state index contributed by atoms with van der Waals surface area (Å²) in [6.07, 6.45) is 6.85. The van der Waals surface area contributed by atoms with Crippen LogP contribution in [0, 0.1) is 5.92 Å². The lowest BCUT2D eigenvalue weighted by molar-refractivity contribution is 0.0227. The van der Waals surface area contributed by atoms with Gasteiger partial charge in [-0.25, -0.2) is 0 Å². The second-order valence-corrected chi connectivity index (χ2v) is 6.33. The van der Waals surface area contributed by atoms with E-state index in [1.165, 1.54) is 58.3 Å². The second-order valence-electron chi connectivity index (χ2n) is 6.33. The maximum absolute atomic E-state index is 3.60. The Morgan fingerprint density at radius 1 is 1.28 bits per heavy atom. The number of likely N-dealkylation sites (N-methyl/N-ethyl adjacent to an activating group) is 2. The van der Waals surface area contributed by atoms with E-state index in [0.29, 0.717) is 0 Å². The summed E-state index contributed by atoms with van der Waals surface area (Å²) in [4.78, 5) is 5.19. The van der Waals surface area contributed by atoms with Crippen LogP contribution in [0.5, 0.6) is 0 Å². The van der Waals surface area contributed by atoms with Crippen LogP contribution in [0.2, 0.25) is 0 Å². The fourth-order valence-electron chi connectivity index (χ4n) is 3.53. The Kier molecular flexibility index (Phi) is 5.46. The molecule has 0 bridgehead atoms. The molecule has 0 amide bonds. The average Bonchev–Trinajstić information content (AvgIpc) is 2.33. The van der Waals surface area contributed by atoms with Gasteiger partial charge in [0.2, 0.25) is 0 Å². The zero-order valence-electron chi connectivity index (χ0n) is 12.5. The fourth-order valence-corrected chi connectivity index (χ4v) is 3.53. The zero-order chi connectivity index (χ0) is 13.0. The number of piperidine rings is 1. The Morgan fingerprint density at radius 2 is 2.11 bits per heavy atom. The Hall–Kier alpha value is -0.120. The Morgan fingerprint density at radius 3 is 2.72 bits per heavy atom. The van der Waals surface area contributed by atoms with Crippen LogP contribution in [-0.2, 0) is 0 Å². The van der Waals surface area contributed by atoms with E-state index in [4.69, 9.17) is 0 Å². The van der Waals surface area contributed by atoms with E-state index < -0.39 is 0 Å². The monoisotopic (exact) mass is 253 g/mol. The van der Waals surface area contributed by atoms with Crippen molar-refractivity contribution in [2.75, 3.05) is 40.3 Å². The van der Waals surface area contributed by atoms with Crippen LogP contribution in [0.3, 0.4) is 0 Å². The molecular formula is C15H31N3. The fraction of sp³-hybridized carbons (Fsp3) is 1.00. The van der Waals surface area contributed by atoms with Gasteiger partial charge in [-0.05, 0) is 71.8 Å². The molecule has 2 rings (SSSR count). The standard InChI is InChI=1S/C15H31N3/c1-4-9-16-11-13-7-8-15(13)18(3)14-6-5-10-17(2)12-14/h13-16H,4-12H2,1-3H3. The number of rotatable bonds is 6. The highest BCUT2D eigenvalue weighted by Gasteiger charge is 2.36. The zero-order valence-corrected chi connectivity index (χ0v) is 12.5. The second kappa shape index (κ2) is 6.88. The summed E-state index contributed by atoms with van der Waals surface area (Å²) in [7, 11) is 4.63. The normalized spacial score (nSPS) is 33.7. The summed E-state index contributed by atoms with van der Waals surface area (Å²) in [5.74, 6) is 0.897. The molecule has 106 valence electrons. The molecule has 1 N–H and O–H groups in total. The molecule has 1 aliphatic heterocycles. The first kappa shape index (κ1) is 14.3. The summed E-state index contributed by atoms with van der Waals surface area (Å²) in [6, 6.07) is 1.63. The lowest BCUT2D eigenvalue weighted by Gasteiger charge is -2.48. The largest absolute Gasteiger partial charge is 0.316 e. The molecule has 3 heteroatoms. The molecule has 0 aromatic heterocycles. The molecule has 3 atom stereocenters. The van der Waals surface area contributed by atoms with Gasteiger partial charge in [-0.15, -0.1) is 0 Å². The van der Waals surface area contributed by atoms with E-state index in [9.17, 15) is 0 Å². The van der Waals surface area contributed by atoms with E-state index in [1.807, 2.05) is 0 Å². The van der Waals surface area contributed by atoms with E-state index in [0.717, 1.165) is 18.0 Å². The van der Waals surface area contributed by atoms with E-state index in [-0.39, 0.29) is 0 Å². The highest BCUT2D eigenvalue weighted by molar-refractivity contribution is 4.92. The third-order valence-corrected chi connectivity index (χ3v) is 4.91. The lowest BCUT2D eigenvalue weighted by Crippen LogP contribution is -2.56.